The Morgan fingerprint density at radius 1 is 1.10 bits per heavy atom. The molecule has 0 saturated heterocycles. The standard InChI is InChI=1S/C18H22N2/c1-14(15-7-3-2-4-8-15)20-13-17-10-5-9-16-11-6-12-19-18(16)17/h2-5,7-10,14,19-20H,6,11-13H2,1H3/t14-/m0/s1. The summed E-state index contributed by atoms with van der Waals surface area (Å²) in [6.45, 7) is 4.22. The van der Waals surface area contributed by atoms with Gasteiger partial charge in [-0.05, 0) is 36.5 Å². The minimum Gasteiger partial charge on any atom is -0.385 e. The molecule has 0 aliphatic carbocycles. The highest BCUT2D eigenvalue weighted by atomic mass is 14.9. The lowest BCUT2D eigenvalue weighted by atomic mass is 9.99. The third-order valence-corrected chi connectivity index (χ3v) is 4.06. The van der Waals surface area contributed by atoms with E-state index in [-0.39, 0.29) is 0 Å². The zero-order valence-corrected chi connectivity index (χ0v) is 12.0. The summed E-state index contributed by atoms with van der Waals surface area (Å²) < 4.78 is 0. The van der Waals surface area contributed by atoms with Crippen LogP contribution in [-0.2, 0) is 13.0 Å². The van der Waals surface area contributed by atoms with E-state index in [1.54, 1.807) is 0 Å². The van der Waals surface area contributed by atoms with Gasteiger partial charge in [-0.1, -0.05) is 48.5 Å². The van der Waals surface area contributed by atoms with Crippen LogP contribution in [-0.4, -0.2) is 6.54 Å². The van der Waals surface area contributed by atoms with Crippen molar-refractivity contribution < 1.29 is 0 Å². The maximum atomic E-state index is 3.63. The van der Waals surface area contributed by atoms with Gasteiger partial charge in [-0.25, -0.2) is 0 Å². The molecule has 2 nitrogen and oxygen atoms in total. The first-order valence-corrected chi connectivity index (χ1v) is 7.47. The Labute approximate surface area is 121 Å². The van der Waals surface area contributed by atoms with E-state index in [0.29, 0.717) is 6.04 Å². The van der Waals surface area contributed by atoms with Crippen molar-refractivity contribution in [2.45, 2.75) is 32.4 Å². The van der Waals surface area contributed by atoms with Crippen LogP contribution in [0.15, 0.2) is 48.5 Å². The molecule has 1 heterocycles. The summed E-state index contributed by atoms with van der Waals surface area (Å²) >= 11 is 0. The third kappa shape index (κ3) is 2.86. The lowest BCUT2D eigenvalue weighted by Gasteiger charge is -2.22. The van der Waals surface area contributed by atoms with Crippen molar-refractivity contribution in [3.05, 3.63) is 65.2 Å². The fourth-order valence-electron chi connectivity index (χ4n) is 2.85. The smallest absolute Gasteiger partial charge is 0.0418 e. The Morgan fingerprint density at radius 2 is 1.95 bits per heavy atom. The number of rotatable bonds is 4. The van der Waals surface area contributed by atoms with E-state index < -0.39 is 0 Å². The first-order valence-electron chi connectivity index (χ1n) is 7.47. The highest BCUT2D eigenvalue weighted by Crippen LogP contribution is 2.26. The van der Waals surface area contributed by atoms with Crippen LogP contribution in [0.1, 0.15) is 36.1 Å². The molecule has 2 aromatic rings. The molecule has 0 aromatic heterocycles. The number of hydrogen-bond acceptors (Lipinski definition) is 2. The fraction of sp³-hybridized carbons (Fsp3) is 0.333. The van der Waals surface area contributed by atoms with Crippen LogP contribution in [0.2, 0.25) is 0 Å². The van der Waals surface area contributed by atoms with Crippen LogP contribution in [0.4, 0.5) is 5.69 Å². The average Bonchev–Trinajstić information content (AvgIpc) is 2.53. The lowest BCUT2D eigenvalue weighted by Crippen LogP contribution is -2.21. The minimum absolute atomic E-state index is 0.371. The molecule has 0 spiro atoms. The van der Waals surface area contributed by atoms with E-state index in [9.17, 15) is 0 Å². The highest BCUT2D eigenvalue weighted by Gasteiger charge is 2.12. The van der Waals surface area contributed by atoms with Gasteiger partial charge in [0.1, 0.15) is 0 Å². The van der Waals surface area contributed by atoms with E-state index in [0.717, 1.165) is 13.1 Å². The summed E-state index contributed by atoms with van der Waals surface area (Å²) in [5.41, 5.74) is 5.53. The maximum Gasteiger partial charge on any atom is 0.0418 e. The van der Waals surface area contributed by atoms with Crippen molar-refractivity contribution in [3.63, 3.8) is 0 Å². The third-order valence-electron chi connectivity index (χ3n) is 4.06. The van der Waals surface area contributed by atoms with E-state index in [1.807, 2.05) is 0 Å². The molecule has 2 heteroatoms. The monoisotopic (exact) mass is 266 g/mol. The molecule has 2 aromatic carbocycles. The number of aryl methyl sites for hydroxylation is 1. The first kappa shape index (κ1) is 13.2. The molecule has 0 fully saturated rings. The van der Waals surface area contributed by atoms with E-state index in [2.05, 4.69) is 66.1 Å². The Morgan fingerprint density at radius 3 is 2.80 bits per heavy atom. The molecule has 0 saturated carbocycles. The zero-order valence-electron chi connectivity index (χ0n) is 12.0. The van der Waals surface area contributed by atoms with Gasteiger partial charge in [0.15, 0.2) is 0 Å². The molecule has 1 atom stereocenters. The summed E-state index contributed by atoms with van der Waals surface area (Å²) in [5.74, 6) is 0. The first-order chi connectivity index (χ1) is 9.84. The minimum atomic E-state index is 0.371. The molecule has 0 unspecified atom stereocenters. The average molecular weight is 266 g/mol. The van der Waals surface area contributed by atoms with Gasteiger partial charge in [-0.3, -0.25) is 0 Å². The molecule has 104 valence electrons. The van der Waals surface area contributed by atoms with Crippen molar-refractivity contribution in [1.29, 1.82) is 0 Å². The van der Waals surface area contributed by atoms with Gasteiger partial charge in [0.2, 0.25) is 0 Å². The van der Waals surface area contributed by atoms with Gasteiger partial charge < -0.3 is 10.6 Å². The molecule has 20 heavy (non-hydrogen) atoms. The molecule has 1 aliphatic heterocycles. The summed E-state index contributed by atoms with van der Waals surface area (Å²) in [6, 6.07) is 17.6. The predicted molar refractivity (Wildman–Crippen MR) is 84.9 cm³/mol. The van der Waals surface area contributed by atoms with Gasteiger partial charge in [0.25, 0.3) is 0 Å². The van der Waals surface area contributed by atoms with Crippen molar-refractivity contribution in [2.24, 2.45) is 0 Å². The Kier molecular flexibility index (Phi) is 4.03. The number of anilines is 1. The molecule has 1 aliphatic rings. The Hall–Kier alpha value is -1.80. The molecule has 0 amide bonds. The number of nitrogens with one attached hydrogen (secondary N) is 2. The molecular weight excluding hydrogens is 244 g/mol. The number of hydrogen-bond donors (Lipinski definition) is 2. The van der Waals surface area contributed by atoms with Crippen LogP contribution in [0.5, 0.6) is 0 Å². The summed E-state index contributed by atoms with van der Waals surface area (Å²) in [6.07, 6.45) is 2.44. The number of para-hydroxylation sites is 1. The second kappa shape index (κ2) is 6.10. The second-order valence-corrected chi connectivity index (χ2v) is 5.49. The van der Waals surface area contributed by atoms with Gasteiger partial charge >= 0.3 is 0 Å². The topological polar surface area (TPSA) is 24.1 Å². The molecule has 0 bridgehead atoms. The molecule has 2 N–H and O–H groups in total. The van der Waals surface area contributed by atoms with E-state index in [1.165, 1.54) is 35.2 Å². The molecule has 0 radical (unpaired) electrons. The van der Waals surface area contributed by atoms with E-state index in [4.69, 9.17) is 0 Å². The molecular formula is C18H22N2. The fourth-order valence-corrected chi connectivity index (χ4v) is 2.85. The number of benzene rings is 2. The summed E-state index contributed by atoms with van der Waals surface area (Å²) in [5, 5.41) is 7.18. The SMILES string of the molecule is C[C@H](NCc1cccc2c1NCCC2)c1ccccc1. The maximum absolute atomic E-state index is 3.63. The largest absolute Gasteiger partial charge is 0.385 e. The van der Waals surface area contributed by atoms with Gasteiger partial charge in [-0.2, -0.15) is 0 Å². The quantitative estimate of drug-likeness (QED) is 0.877. The summed E-state index contributed by atoms with van der Waals surface area (Å²) in [7, 11) is 0. The zero-order chi connectivity index (χ0) is 13.8. The van der Waals surface area contributed by atoms with Crippen molar-refractivity contribution in [2.75, 3.05) is 11.9 Å². The highest BCUT2D eigenvalue weighted by molar-refractivity contribution is 5.59. The lowest BCUT2D eigenvalue weighted by molar-refractivity contribution is 0.574. The van der Waals surface area contributed by atoms with Gasteiger partial charge in [0, 0.05) is 24.8 Å². The Bertz CT molecular complexity index is 563. The van der Waals surface area contributed by atoms with Crippen molar-refractivity contribution in [1.82, 2.24) is 5.32 Å². The normalized spacial score (nSPS) is 15.2. The van der Waals surface area contributed by atoms with E-state index >= 15 is 0 Å². The predicted octanol–water partition coefficient (Wildman–Crippen LogP) is 3.90. The Balaban J connectivity index is 1.70. The van der Waals surface area contributed by atoms with Crippen molar-refractivity contribution in [3.8, 4) is 0 Å². The summed E-state index contributed by atoms with van der Waals surface area (Å²) in [4.78, 5) is 0. The van der Waals surface area contributed by atoms with Crippen LogP contribution in [0, 0.1) is 0 Å². The van der Waals surface area contributed by atoms with Crippen LogP contribution >= 0.6 is 0 Å². The van der Waals surface area contributed by atoms with Gasteiger partial charge in [0.05, 0.1) is 0 Å². The van der Waals surface area contributed by atoms with Crippen LogP contribution in [0.3, 0.4) is 0 Å². The van der Waals surface area contributed by atoms with Gasteiger partial charge in [-0.15, -0.1) is 0 Å². The second-order valence-electron chi connectivity index (χ2n) is 5.49. The molecule has 3 rings (SSSR count). The van der Waals surface area contributed by atoms with Crippen LogP contribution in [0.25, 0.3) is 0 Å². The van der Waals surface area contributed by atoms with Crippen molar-refractivity contribution >= 4 is 5.69 Å². The number of fused-ring (bicyclic) bond motifs is 1. The van der Waals surface area contributed by atoms with Crippen LogP contribution < -0.4 is 10.6 Å².